The van der Waals surface area contributed by atoms with E-state index in [1.54, 1.807) is 54.0 Å². The zero-order chi connectivity index (χ0) is 24.2. The molecular weight excluding hydrogens is 453 g/mol. The second kappa shape index (κ2) is 9.88. The monoisotopic (exact) mass is 475 g/mol. The van der Waals surface area contributed by atoms with Crippen LogP contribution < -0.4 is 11.1 Å². The lowest BCUT2D eigenvalue weighted by atomic mass is 10.2. The number of hydrogen-bond donors (Lipinski definition) is 2. The summed E-state index contributed by atoms with van der Waals surface area (Å²) in [6, 6.07) is 20.4. The lowest BCUT2D eigenvalue weighted by Crippen LogP contribution is -2.23. The van der Waals surface area contributed by atoms with Gasteiger partial charge in [-0.2, -0.15) is 0 Å². The van der Waals surface area contributed by atoms with Gasteiger partial charge >= 0.3 is 0 Å². The lowest BCUT2D eigenvalue weighted by Gasteiger charge is -2.14. The van der Waals surface area contributed by atoms with Crippen LogP contribution in [0.2, 0.25) is 0 Å². The van der Waals surface area contributed by atoms with E-state index in [4.69, 9.17) is 5.73 Å². The molecule has 1 atom stereocenters. The lowest BCUT2D eigenvalue weighted by molar-refractivity contribution is -0.115. The van der Waals surface area contributed by atoms with Crippen molar-refractivity contribution in [2.24, 2.45) is 5.73 Å². The fraction of sp³-hybridized carbons (Fsp3) is 0.120. The van der Waals surface area contributed by atoms with Crippen LogP contribution in [0.25, 0.3) is 17.1 Å². The predicted octanol–water partition coefficient (Wildman–Crippen LogP) is 4.60. The summed E-state index contributed by atoms with van der Waals surface area (Å²) in [5, 5.41) is 11.2. The fourth-order valence-corrected chi connectivity index (χ4v) is 4.13. The summed E-state index contributed by atoms with van der Waals surface area (Å²) in [4.78, 5) is 24.0. The number of amides is 2. The first-order valence-electron chi connectivity index (χ1n) is 10.5. The van der Waals surface area contributed by atoms with Crippen molar-refractivity contribution in [1.82, 2.24) is 14.8 Å². The van der Waals surface area contributed by atoms with Crippen LogP contribution in [0, 0.1) is 12.7 Å². The maximum absolute atomic E-state index is 14.6. The minimum Gasteiger partial charge on any atom is -0.366 e. The van der Waals surface area contributed by atoms with Gasteiger partial charge in [-0.25, -0.2) is 4.39 Å². The molecule has 0 saturated carbocycles. The Hall–Kier alpha value is -3.98. The first-order chi connectivity index (χ1) is 16.3. The Morgan fingerprint density at radius 1 is 1.00 bits per heavy atom. The van der Waals surface area contributed by atoms with E-state index in [9.17, 15) is 14.0 Å². The highest BCUT2D eigenvalue weighted by Crippen LogP contribution is 2.31. The van der Waals surface area contributed by atoms with Crippen molar-refractivity contribution in [3.8, 4) is 17.1 Å². The number of benzene rings is 3. The number of thioether (sulfide) groups is 1. The highest BCUT2D eigenvalue weighted by atomic mass is 32.2. The molecule has 3 N–H and O–H groups in total. The summed E-state index contributed by atoms with van der Waals surface area (Å²) in [7, 11) is 0. The van der Waals surface area contributed by atoms with Crippen LogP contribution in [0.4, 0.5) is 10.1 Å². The number of nitrogens with one attached hydrogen (secondary N) is 1. The Kier molecular flexibility index (Phi) is 6.74. The molecule has 1 unspecified atom stereocenters. The van der Waals surface area contributed by atoms with Crippen LogP contribution in [-0.2, 0) is 4.79 Å². The SMILES string of the molecule is Cc1ccc(-n2c(SC(C)C(=O)Nc3ccc(C(N)=O)cc3)nnc2-c2ccccc2F)cc1. The maximum Gasteiger partial charge on any atom is 0.248 e. The van der Waals surface area contributed by atoms with Crippen LogP contribution in [0.1, 0.15) is 22.8 Å². The third kappa shape index (κ3) is 4.99. The summed E-state index contributed by atoms with van der Waals surface area (Å²) in [6.07, 6.45) is 0. The Balaban J connectivity index is 1.62. The van der Waals surface area contributed by atoms with Gasteiger partial charge in [0.25, 0.3) is 0 Å². The predicted molar refractivity (Wildman–Crippen MR) is 130 cm³/mol. The first kappa shape index (κ1) is 23.2. The molecule has 0 saturated heterocycles. The smallest absolute Gasteiger partial charge is 0.248 e. The quantitative estimate of drug-likeness (QED) is 0.380. The minimum atomic E-state index is -0.544. The number of anilines is 1. The molecule has 0 aliphatic heterocycles. The zero-order valence-electron chi connectivity index (χ0n) is 18.5. The van der Waals surface area contributed by atoms with Gasteiger partial charge in [0, 0.05) is 16.9 Å². The van der Waals surface area contributed by atoms with E-state index < -0.39 is 17.0 Å². The van der Waals surface area contributed by atoms with Crippen LogP contribution in [0.3, 0.4) is 0 Å². The Morgan fingerprint density at radius 3 is 2.32 bits per heavy atom. The topological polar surface area (TPSA) is 103 Å². The number of aryl methyl sites for hydroxylation is 1. The van der Waals surface area contributed by atoms with Gasteiger partial charge in [0.1, 0.15) is 5.82 Å². The average Bonchev–Trinajstić information content (AvgIpc) is 3.23. The van der Waals surface area contributed by atoms with Gasteiger partial charge in [0.15, 0.2) is 11.0 Å². The minimum absolute atomic E-state index is 0.261. The standard InChI is InChI=1S/C25H22FN5O2S/c1-15-7-13-19(14-8-15)31-23(20-5-3-4-6-21(20)26)29-30-25(31)34-16(2)24(33)28-18-11-9-17(10-12-18)22(27)32/h3-14,16H,1-2H3,(H2,27,32)(H,28,33). The van der Waals surface area contributed by atoms with E-state index in [2.05, 4.69) is 15.5 Å². The number of aromatic nitrogens is 3. The van der Waals surface area contributed by atoms with Crippen molar-refractivity contribution in [2.45, 2.75) is 24.3 Å². The number of hydrogen-bond acceptors (Lipinski definition) is 5. The highest BCUT2D eigenvalue weighted by molar-refractivity contribution is 8.00. The molecule has 2 amide bonds. The summed E-state index contributed by atoms with van der Waals surface area (Å²) in [5.74, 6) is -0.866. The Bertz CT molecular complexity index is 1340. The summed E-state index contributed by atoms with van der Waals surface area (Å²) in [6.45, 7) is 3.72. The molecule has 172 valence electrons. The maximum atomic E-state index is 14.6. The summed E-state index contributed by atoms with van der Waals surface area (Å²) < 4.78 is 16.3. The van der Waals surface area contributed by atoms with E-state index in [0.29, 0.717) is 27.8 Å². The molecule has 7 nitrogen and oxygen atoms in total. The van der Waals surface area contributed by atoms with Crippen LogP contribution in [0.15, 0.2) is 78.0 Å². The molecule has 0 spiro atoms. The van der Waals surface area contributed by atoms with Gasteiger partial charge in [0.2, 0.25) is 11.8 Å². The second-order valence-corrected chi connectivity index (χ2v) is 8.96. The van der Waals surface area contributed by atoms with E-state index >= 15 is 0 Å². The number of carbonyl (C=O) groups excluding carboxylic acids is 2. The number of nitrogens with zero attached hydrogens (tertiary/aromatic N) is 3. The van der Waals surface area contributed by atoms with Crippen LogP contribution in [-0.4, -0.2) is 31.8 Å². The molecule has 34 heavy (non-hydrogen) atoms. The van der Waals surface area contributed by atoms with Gasteiger partial charge in [-0.15, -0.1) is 10.2 Å². The van der Waals surface area contributed by atoms with E-state index in [1.807, 2.05) is 31.2 Å². The molecule has 1 aromatic heterocycles. The molecule has 3 aromatic carbocycles. The average molecular weight is 476 g/mol. The molecule has 9 heteroatoms. The number of halogens is 1. The van der Waals surface area contributed by atoms with Crippen molar-refractivity contribution >= 4 is 29.3 Å². The van der Waals surface area contributed by atoms with Crippen molar-refractivity contribution in [3.63, 3.8) is 0 Å². The Morgan fingerprint density at radius 2 is 1.68 bits per heavy atom. The van der Waals surface area contributed by atoms with Crippen molar-refractivity contribution in [2.75, 3.05) is 5.32 Å². The first-order valence-corrected chi connectivity index (χ1v) is 11.4. The third-order valence-corrected chi connectivity index (χ3v) is 6.17. The van der Waals surface area contributed by atoms with E-state index in [1.165, 1.54) is 17.8 Å². The Labute approximate surface area is 200 Å². The van der Waals surface area contributed by atoms with Crippen LogP contribution in [0.5, 0.6) is 0 Å². The van der Waals surface area contributed by atoms with Gasteiger partial charge in [0.05, 0.1) is 10.8 Å². The molecular formula is C25H22FN5O2S. The third-order valence-electron chi connectivity index (χ3n) is 5.13. The van der Waals surface area contributed by atoms with Gasteiger partial charge < -0.3 is 11.1 Å². The molecule has 4 rings (SSSR count). The van der Waals surface area contributed by atoms with Crippen molar-refractivity contribution in [1.29, 1.82) is 0 Å². The second-order valence-electron chi connectivity index (χ2n) is 7.65. The van der Waals surface area contributed by atoms with E-state index in [-0.39, 0.29) is 5.91 Å². The molecule has 0 bridgehead atoms. The molecule has 4 aromatic rings. The molecule has 0 aliphatic rings. The summed E-state index contributed by atoms with van der Waals surface area (Å²) >= 11 is 1.21. The van der Waals surface area contributed by atoms with Crippen molar-refractivity contribution < 1.29 is 14.0 Å². The molecule has 1 heterocycles. The molecule has 0 fully saturated rings. The van der Waals surface area contributed by atoms with Gasteiger partial charge in [-0.3, -0.25) is 14.2 Å². The number of carbonyl (C=O) groups is 2. The largest absolute Gasteiger partial charge is 0.366 e. The van der Waals surface area contributed by atoms with Gasteiger partial charge in [-0.05, 0) is 62.4 Å². The number of rotatable bonds is 7. The van der Waals surface area contributed by atoms with Gasteiger partial charge in [-0.1, -0.05) is 41.6 Å². The fourth-order valence-electron chi connectivity index (χ4n) is 3.26. The zero-order valence-corrected chi connectivity index (χ0v) is 19.3. The number of primary amides is 1. The summed E-state index contributed by atoms with van der Waals surface area (Å²) in [5.41, 5.74) is 8.29. The highest BCUT2D eigenvalue weighted by Gasteiger charge is 2.23. The molecule has 0 radical (unpaired) electrons. The molecule has 0 aliphatic carbocycles. The van der Waals surface area contributed by atoms with Crippen molar-refractivity contribution in [3.05, 3.63) is 89.7 Å². The normalized spacial score (nSPS) is 11.7. The van der Waals surface area contributed by atoms with E-state index in [0.717, 1.165) is 11.3 Å². The van der Waals surface area contributed by atoms with Crippen LogP contribution >= 0.6 is 11.8 Å². The number of nitrogens with two attached hydrogens (primary N) is 1.